The van der Waals surface area contributed by atoms with Crippen LogP contribution in [0.1, 0.15) is 72.3 Å². The molecule has 0 heterocycles. The molecule has 2 atom stereocenters. The Morgan fingerprint density at radius 3 is 2.25 bits per heavy atom. The van der Waals surface area contributed by atoms with E-state index in [2.05, 4.69) is 12.5 Å². The quantitative estimate of drug-likeness (QED) is 0.371. The summed E-state index contributed by atoms with van der Waals surface area (Å²) in [5, 5.41) is 8.89. The van der Waals surface area contributed by atoms with Crippen LogP contribution in [0, 0.1) is 42.3 Å². The molecule has 0 saturated carbocycles. The third-order valence-corrected chi connectivity index (χ3v) is 3.96. The van der Waals surface area contributed by atoms with Gasteiger partial charge in [-0.05, 0) is 65.5 Å². The van der Waals surface area contributed by atoms with E-state index in [0.29, 0.717) is 12.3 Å². The molecule has 1 aromatic carbocycles. The van der Waals surface area contributed by atoms with Crippen LogP contribution in [0.4, 0.5) is 4.39 Å². The smallest absolute Gasteiger partial charge is 0.460 e. The molecular formula is C23H35FKNO2. The Kier molecular flexibility index (Phi) is 17.7. The van der Waals surface area contributed by atoms with Crippen molar-refractivity contribution in [2.45, 2.75) is 79.2 Å². The number of esters is 1. The van der Waals surface area contributed by atoms with E-state index in [4.69, 9.17) is 10.00 Å². The maximum atomic E-state index is 12.1. The molecule has 0 spiro atoms. The molecule has 152 valence electrons. The number of hydrogen-bond acceptors (Lipinski definition) is 3. The molecule has 3 nitrogen and oxygen atoms in total. The molecule has 0 aliphatic heterocycles. The minimum absolute atomic E-state index is 0. The van der Waals surface area contributed by atoms with Crippen LogP contribution in [-0.4, -0.2) is 11.6 Å². The molecule has 0 radical (unpaired) electrons. The molecule has 5 heteroatoms. The monoisotopic (exact) mass is 415 g/mol. The predicted octanol–water partition coefficient (Wildman–Crippen LogP) is 3.42. The van der Waals surface area contributed by atoms with Crippen LogP contribution in [0.2, 0.25) is 0 Å². The van der Waals surface area contributed by atoms with Crippen molar-refractivity contribution in [2.24, 2.45) is 11.8 Å². The normalized spacial score (nSPS) is 12.5. The molecule has 0 aliphatic carbocycles. The Morgan fingerprint density at radius 1 is 1.25 bits per heavy atom. The van der Waals surface area contributed by atoms with Gasteiger partial charge in [0.05, 0.1) is 6.07 Å². The topological polar surface area (TPSA) is 50.1 Å². The van der Waals surface area contributed by atoms with Gasteiger partial charge in [0.15, 0.2) is 0 Å². The molecule has 1 aromatic rings. The SMILES string of the molecule is C[CH-]CCC(CCC(=O)OC(C)(C)C)CC(C)C#N.Cc1ccc(F)cc1.[K+]. The zero-order chi connectivity index (χ0) is 20.9. The van der Waals surface area contributed by atoms with E-state index < -0.39 is 5.60 Å². The van der Waals surface area contributed by atoms with Crippen LogP contribution in [0.3, 0.4) is 0 Å². The molecule has 2 unspecified atom stereocenters. The van der Waals surface area contributed by atoms with E-state index in [1.165, 1.54) is 12.1 Å². The molecule has 0 saturated heterocycles. The Labute approximate surface area is 213 Å². The number of benzene rings is 1. The van der Waals surface area contributed by atoms with E-state index in [0.717, 1.165) is 31.2 Å². The Balaban J connectivity index is 0. The number of hydrogen-bond donors (Lipinski definition) is 0. The minimum Gasteiger partial charge on any atom is -0.460 e. The fraction of sp³-hybridized carbons (Fsp3) is 0.609. The number of rotatable bonds is 8. The fourth-order valence-electron chi connectivity index (χ4n) is 2.58. The zero-order valence-electron chi connectivity index (χ0n) is 18.7. The average Bonchev–Trinajstić information content (AvgIpc) is 2.58. The average molecular weight is 416 g/mol. The predicted molar refractivity (Wildman–Crippen MR) is 108 cm³/mol. The molecule has 0 aromatic heterocycles. The van der Waals surface area contributed by atoms with Gasteiger partial charge >= 0.3 is 57.4 Å². The molecule has 28 heavy (non-hydrogen) atoms. The second kappa shape index (κ2) is 16.5. The Morgan fingerprint density at radius 2 is 1.82 bits per heavy atom. The van der Waals surface area contributed by atoms with Crippen LogP contribution in [0.25, 0.3) is 0 Å². The summed E-state index contributed by atoms with van der Waals surface area (Å²) >= 11 is 0. The molecule has 0 fully saturated rings. The summed E-state index contributed by atoms with van der Waals surface area (Å²) in [6.07, 6.45) is 6.35. The number of ether oxygens (including phenoxy) is 1. The number of carbonyl (C=O) groups is 1. The van der Waals surface area contributed by atoms with E-state index >= 15 is 0 Å². The first-order chi connectivity index (χ1) is 12.6. The van der Waals surface area contributed by atoms with Crippen molar-refractivity contribution in [1.29, 1.82) is 5.26 Å². The summed E-state index contributed by atoms with van der Waals surface area (Å²) in [6.45, 7) is 11.6. The number of halogens is 1. The summed E-state index contributed by atoms with van der Waals surface area (Å²) in [5.74, 6) is 0.178. The molecule has 0 bridgehead atoms. The molecular weight excluding hydrogens is 380 g/mol. The van der Waals surface area contributed by atoms with Crippen LogP contribution in [0.5, 0.6) is 0 Å². The second-order valence-corrected chi connectivity index (χ2v) is 8.04. The maximum absolute atomic E-state index is 12.1. The van der Waals surface area contributed by atoms with E-state index in [1.54, 1.807) is 12.1 Å². The Bertz CT molecular complexity index is 555. The third kappa shape index (κ3) is 17.8. The third-order valence-electron chi connectivity index (χ3n) is 3.96. The van der Waals surface area contributed by atoms with Gasteiger partial charge in [-0.3, -0.25) is 4.79 Å². The molecule has 0 aliphatic rings. The van der Waals surface area contributed by atoms with Crippen molar-refractivity contribution in [3.63, 3.8) is 0 Å². The largest absolute Gasteiger partial charge is 1.00 e. The summed E-state index contributed by atoms with van der Waals surface area (Å²) in [4.78, 5) is 11.7. The number of aryl methyl sites for hydroxylation is 1. The van der Waals surface area contributed by atoms with E-state index in [1.807, 2.05) is 41.5 Å². The van der Waals surface area contributed by atoms with Crippen molar-refractivity contribution >= 4 is 5.97 Å². The van der Waals surface area contributed by atoms with E-state index in [-0.39, 0.29) is 69.1 Å². The first kappa shape index (κ1) is 29.9. The van der Waals surface area contributed by atoms with Crippen LogP contribution in [0.15, 0.2) is 24.3 Å². The van der Waals surface area contributed by atoms with Crippen molar-refractivity contribution in [1.82, 2.24) is 0 Å². The minimum atomic E-state index is -0.413. The van der Waals surface area contributed by atoms with Crippen LogP contribution >= 0.6 is 0 Å². The summed E-state index contributed by atoms with van der Waals surface area (Å²) in [5.41, 5.74) is 0.676. The summed E-state index contributed by atoms with van der Waals surface area (Å²) in [6, 6.07) is 8.67. The van der Waals surface area contributed by atoms with Gasteiger partial charge in [-0.15, -0.1) is 0 Å². The number of unbranched alkanes of at least 4 members (excludes halogenated alkanes) is 1. The number of nitrogens with zero attached hydrogens (tertiary/aromatic N) is 1. The van der Waals surface area contributed by atoms with Gasteiger partial charge in [0, 0.05) is 12.3 Å². The van der Waals surface area contributed by atoms with Crippen molar-refractivity contribution in [3.05, 3.63) is 42.1 Å². The van der Waals surface area contributed by atoms with Crippen LogP contribution in [-0.2, 0) is 9.53 Å². The first-order valence-electron chi connectivity index (χ1n) is 9.68. The standard InChI is InChI=1S/C16H28NO2.C7H7F.K/c1-6-7-8-14(11-13(2)12-17)9-10-15(18)19-16(3,4)5;1-6-2-4-7(8)5-3-6;/h6,13-14H,7-11H2,1-5H3;2-5H,1H3;/q-1;;+1. The van der Waals surface area contributed by atoms with Gasteiger partial charge in [-0.1, -0.05) is 24.1 Å². The summed E-state index contributed by atoms with van der Waals surface area (Å²) in [7, 11) is 0. The molecule has 0 amide bonds. The van der Waals surface area contributed by atoms with Gasteiger partial charge in [0.2, 0.25) is 0 Å². The second-order valence-electron chi connectivity index (χ2n) is 8.04. The van der Waals surface area contributed by atoms with Crippen LogP contribution < -0.4 is 51.4 Å². The van der Waals surface area contributed by atoms with Gasteiger partial charge in [0.25, 0.3) is 0 Å². The van der Waals surface area contributed by atoms with Crippen molar-refractivity contribution < 1.29 is 65.3 Å². The first-order valence-corrected chi connectivity index (χ1v) is 9.68. The number of carbonyl (C=O) groups excluding carboxylic acids is 1. The molecule has 1 rings (SSSR count). The molecule has 0 N–H and O–H groups in total. The maximum Gasteiger partial charge on any atom is 1.00 e. The number of nitriles is 1. The van der Waals surface area contributed by atoms with Crippen molar-refractivity contribution in [3.8, 4) is 6.07 Å². The van der Waals surface area contributed by atoms with Crippen molar-refractivity contribution in [2.75, 3.05) is 0 Å². The Hall–Kier alpha value is -0.254. The van der Waals surface area contributed by atoms with Gasteiger partial charge in [0.1, 0.15) is 11.4 Å². The fourth-order valence-corrected chi connectivity index (χ4v) is 2.58. The van der Waals surface area contributed by atoms with Gasteiger partial charge in [-0.2, -0.15) is 18.6 Å². The van der Waals surface area contributed by atoms with Gasteiger partial charge in [-0.25, -0.2) is 4.39 Å². The summed E-state index contributed by atoms with van der Waals surface area (Å²) < 4.78 is 17.4. The van der Waals surface area contributed by atoms with Gasteiger partial charge < -0.3 is 11.2 Å². The van der Waals surface area contributed by atoms with E-state index in [9.17, 15) is 9.18 Å². The zero-order valence-corrected chi connectivity index (χ0v) is 21.8.